The third-order valence-electron chi connectivity index (χ3n) is 3.49. The SMILES string of the molecule is CCOC(=O)[C@H]1C=C(C#N)O[C@H]2[C@@H]1CCN2C(=O)OC. The van der Waals surface area contributed by atoms with Crippen molar-refractivity contribution in [3.8, 4) is 6.07 Å². The van der Waals surface area contributed by atoms with Crippen molar-refractivity contribution in [2.45, 2.75) is 19.6 Å². The van der Waals surface area contributed by atoms with Crippen LogP contribution in [0.3, 0.4) is 0 Å². The fraction of sp³-hybridized carbons (Fsp3) is 0.615. The highest BCUT2D eigenvalue weighted by atomic mass is 16.6. The van der Waals surface area contributed by atoms with Gasteiger partial charge in [0.2, 0.25) is 0 Å². The zero-order chi connectivity index (χ0) is 14.7. The van der Waals surface area contributed by atoms with E-state index in [0.717, 1.165) is 0 Å². The molecular formula is C13H16N2O5. The van der Waals surface area contributed by atoms with Crippen LogP contribution in [0.2, 0.25) is 0 Å². The lowest BCUT2D eigenvalue weighted by molar-refractivity contribution is -0.151. The van der Waals surface area contributed by atoms with Crippen molar-refractivity contribution in [1.82, 2.24) is 4.90 Å². The molecule has 7 nitrogen and oxygen atoms in total. The van der Waals surface area contributed by atoms with Gasteiger partial charge < -0.3 is 14.2 Å². The van der Waals surface area contributed by atoms with E-state index in [9.17, 15) is 9.59 Å². The van der Waals surface area contributed by atoms with Gasteiger partial charge in [-0.3, -0.25) is 9.69 Å². The van der Waals surface area contributed by atoms with Crippen molar-refractivity contribution in [2.24, 2.45) is 11.8 Å². The highest BCUT2D eigenvalue weighted by Gasteiger charge is 2.48. The largest absolute Gasteiger partial charge is 0.466 e. The molecule has 0 aliphatic carbocycles. The molecule has 0 unspecified atom stereocenters. The number of esters is 1. The van der Waals surface area contributed by atoms with Gasteiger partial charge in [0.15, 0.2) is 12.0 Å². The summed E-state index contributed by atoms with van der Waals surface area (Å²) in [5, 5.41) is 8.99. The summed E-state index contributed by atoms with van der Waals surface area (Å²) < 4.78 is 15.2. The maximum absolute atomic E-state index is 12.0. The van der Waals surface area contributed by atoms with Crippen molar-refractivity contribution in [3.05, 3.63) is 11.8 Å². The second-order valence-corrected chi connectivity index (χ2v) is 4.54. The zero-order valence-electron chi connectivity index (χ0n) is 11.4. The molecule has 2 aliphatic rings. The summed E-state index contributed by atoms with van der Waals surface area (Å²) in [5.74, 6) is -1.16. The lowest BCUT2D eigenvalue weighted by Crippen LogP contribution is -2.44. The molecule has 0 saturated carbocycles. The molecular weight excluding hydrogens is 264 g/mol. The Labute approximate surface area is 116 Å². The minimum Gasteiger partial charge on any atom is -0.466 e. The highest BCUT2D eigenvalue weighted by molar-refractivity contribution is 5.76. The van der Waals surface area contributed by atoms with Gasteiger partial charge in [0.1, 0.15) is 6.07 Å². The quantitative estimate of drug-likeness (QED) is 0.701. The third-order valence-corrected chi connectivity index (χ3v) is 3.49. The maximum atomic E-state index is 12.0. The molecule has 0 bridgehead atoms. The second-order valence-electron chi connectivity index (χ2n) is 4.54. The summed E-state index contributed by atoms with van der Waals surface area (Å²) in [4.78, 5) is 25.0. The molecule has 1 fully saturated rings. The molecule has 0 N–H and O–H groups in total. The summed E-state index contributed by atoms with van der Waals surface area (Å²) in [6.07, 6.45) is 0.883. The lowest BCUT2D eigenvalue weighted by Gasteiger charge is -2.33. The predicted octanol–water partition coefficient (Wildman–Crippen LogP) is 1.02. The Hall–Kier alpha value is -2.23. The van der Waals surface area contributed by atoms with Crippen LogP contribution in [0.25, 0.3) is 0 Å². The molecule has 2 rings (SSSR count). The summed E-state index contributed by atoms with van der Waals surface area (Å²) in [7, 11) is 1.28. The molecule has 2 aliphatic heterocycles. The number of nitriles is 1. The van der Waals surface area contributed by atoms with Crippen molar-refractivity contribution in [1.29, 1.82) is 5.26 Å². The van der Waals surface area contributed by atoms with Gasteiger partial charge in [0, 0.05) is 12.5 Å². The topological polar surface area (TPSA) is 88.9 Å². The van der Waals surface area contributed by atoms with E-state index in [2.05, 4.69) is 4.74 Å². The van der Waals surface area contributed by atoms with E-state index in [1.807, 2.05) is 6.07 Å². The van der Waals surface area contributed by atoms with Gasteiger partial charge in [-0.15, -0.1) is 0 Å². The van der Waals surface area contributed by atoms with Crippen LogP contribution >= 0.6 is 0 Å². The minimum absolute atomic E-state index is 0.0279. The first-order valence-electron chi connectivity index (χ1n) is 6.42. The monoisotopic (exact) mass is 280 g/mol. The van der Waals surface area contributed by atoms with Crippen molar-refractivity contribution in [2.75, 3.05) is 20.3 Å². The van der Waals surface area contributed by atoms with Crippen LogP contribution in [-0.2, 0) is 19.0 Å². The molecule has 0 radical (unpaired) electrons. The molecule has 108 valence electrons. The first kappa shape index (κ1) is 14.2. The minimum atomic E-state index is -0.656. The van der Waals surface area contributed by atoms with Crippen LogP contribution < -0.4 is 0 Å². The summed E-state index contributed by atoms with van der Waals surface area (Å²) in [5.41, 5.74) is 0. The Bertz CT molecular complexity index is 482. The number of methoxy groups -OCH3 is 1. The number of amides is 1. The maximum Gasteiger partial charge on any atom is 0.412 e. The average molecular weight is 280 g/mol. The average Bonchev–Trinajstić information content (AvgIpc) is 2.89. The van der Waals surface area contributed by atoms with Gasteiger partial charge in [0.25, 0.3) is 0 Å². The molecule has 20 heavy (non-hydrogen) atoms. The van der Waals surface area contributed by atoms with Crippen molar-refractivity contribution < 1.29 is 23.8 Å². The van der Waals surface area contributed by atoms with Gasteiger partial charge >= 0.3 is 12.1 Å². The van der Waals surface area contributed by atoms with Crippen LogP contribution in [0.1, 0.15) is 13.3 Å². The number of likely N-dealkylation sites (tertiary alicyclic amines) is 1. The van der Waals surface area contributed by atoms with Crippen LogP contribution in [0, 0.1) is 23.2 Å². The van der Waals surface area contributed by atoms with Crippen LogP contribution in [0.5, 0.6) is 0 Å². The van der Waals surface area contributed by atoms with E-state index >= 15 is 0 Å². The van der Waals surface area contributed by atoms with E-state index in [1.165, 1.54) is 18.1 Å². The van der Waals surface area contributed by atoms with Crippen molar-refractivity contribution in [3.63, 3.8) is 0 Å². The van der Waals surface area contributed by atoms with Gasteiger partial charge in [0.05, 0.1) is 19.6 Å². The Kier molecular flexibility index (Phi) is 4.13. The van der Waals surface area contributed by atoms with Crippen molar-refractivity contribution >= 4 is 12.1 Å². The first-order valence-corrected chi connectivity index (χ1v) is 6.42. The highest BCUT2D eigenvalue weighted by Crippen LogP contribution is 2.38. The number of carbonyl (C=O) groups excluding carboxylic acids is 2. The summed E-state index contributed by atoms with van der Waals surface area (Å²) in [6, 6.07) is 1.87. The van der Waals surface area contributed by atoms with Gasteiger partial charge in [-0.25, -0.2) is 4.79 Å². The molecule has 1 saturated heterocycles. The Morgan fingerprint density at radius 2 is 2.35 bits per heavy atom. The first-order chi connectivity index (χ1) is 9.62. The zero-order valence-corrected chi connectivity index (χ0v) is 11.4. The number of allylic oxidation sites excluding steroid dienone is 1. The standard InChI is InChI=1S/C13H16N2O5/c1-3-19-12(16)10-6-8(7-14)20-11-9(10)4-5-15(11)13(17)18-2/h6,9-11H,3-5H2,1-2H3/t9-,10+,11+/m1/s1. The number of hydrogen-bond donors (Lipinski definition) is 0. The van der Waals surface area contributed by atoms with Crippen LogP contribution in [0.4, 0.5) is 4.79 Å². The lowest BCUT2D eigenvalue weighted by atomic mass is 9.88. The number of fused-ring (bicyclic) bond motifs is 1. The van der Waals surface area contributed by atoms with E-state index in [0.29, 0.717) is 13.0 Å². The molecule has 7 heteroatoms. The van der Waals surface area contributed by atoms with Gasteiger partial charge in [-0.1, -0.05) is 0 Å². The Morgan fingerprint density at radius 1 is 1.60 bits per heavy atom. The molecule has 1 amide bonds. The molecule has 0 aromatic carbocycles. The van der Waals surface area contributed by atoms with Crippen LogP contribution in [0.15, 0.2) is 11.8 Å². The number of ether oxygens (including phenoxy) is 3. The Morgan fingerprint density at radius 3 is 2.95 bits per heavy atom. The smallest absolute Gasteiger partial charge is 0.412 e. The van der Waals surface area contributed by atoms with E-state index in [4.69, 9.17) is 14.7 Å². The second kappa shape index (κ2) is 5.82. The van der Waals surface area contributed by atoms with Gasteiger partial charge in [-0.05, 0) is 19.4 Å². The normalized spacial score (nSPS) is 27.8. The van der Waals surface area contributed by atoms with E-state index in [-0.39, 0.29) is 18.3 Å². The number of hydrogen-bond acceptors (Lipinski definition) is 6. The summed E-state index contributed by atoms with van der Waals surface area (Å²) >= 11 is 0. The predicted molar refractivity (Wildman–Crippen MR) is 65.9 cm³/mol. The van der Waals surface area contributed by atoms with Gasteiger partial charge in [-0.2, -0.15) is 5.26 Å². The number of nitrogens with zero attached hydrogens (tertiary/aromatic N) is 2. The number of carbonyl (C=O) groups is 2. The Balaban J connectivity index is 2.25. The van der Waals surface area contributed by atoms with E-state index < -0.39 is 24.2 Å². The van der Waals surface area contributed by atoms with E-state index in [1.54, 1.807) is 6.92 Å². The molecule has 2 heterocycles. The molecule has 3 atom stereocenters. The summed E-state index contributed by atoms with van der Waals surface area (Å²) in [6.45, 7) is 2.41. The third kappa shape index (κ3) is 2.41. The molecule has 0 aromatic rings. The molecule has 0 spiro atoms. The fourth-order valence-corrected chi connectivity index (χ4v) is 2.61. The van der Waals surface area contributed by atoms with Crippen LogP contribution in [-0.4, -0.2) is 43.5 Å². The molecule has 0 aromatic heterocycles. The number of rotatable bonds is 2. The fourth-order valence-electron chi connectivity index (χ4n) is 2.61.